The first-order valence-electron chi connectivity index (χ1n) is 9.21. The van der Waals surface area contributed by atoms with E-state index < -0.39 is 7.26 Å². The third-order valence-corrected chi connectivity index (χ3v) is 9.67. The number of rotatable bonds is 3. The molecule has 0 aromatic heterocycles. The molecule has 1 aliphatic rings. The fourth-order valence-corrected chi connectivity index (χ4v) is 8.27. The van der Waals surface area contributed by atoms with E-state index in [4.69, 9.17) is 0 Å². The largest absolute Gasteiger partial charge is 0.365 e. The second kappa shape index (κ2) is 7.09. The average molecular weight is 358 g/mol. The SMILES string of the molecule is CC1C[P+](c2ccccc2)(c2ccccc2)C=C(c2ccccc2)N1C. The minimum atomic E-state index is -1.61. The van der Waals surface area contributed by atoms with Crippen molar-refractivity contribution < 1.29 is 0 Å². The molecule has 26 heavy (non-hydrogen) atoms. The molecule has 130 valence electrons. The van der Waals surface area contributed by atoms with Crippen LogP contribution in [0.2, 0.25) is 0 Å². The molecule has 3 aromatic carbocycles. The van der Waals surface area contributed by atoms with Crippen molar-refractivity contribution in [3.05, 3.63) is 102 Å². The van der Waals surface area contributed by atoms with Gasteiger partial charge in [-0.2, -0.15) is 0 Å². The first-order valence-corrected chi connectivity index (χ1v) is 11.3. The van der Waals surface area contributed by atoms with Gasteiger partial charge in [-0.05, 0) is 31.2 Å². The Morgan fingerprint density at radius 2 is 1.19 bits per heavy atom. The van der Waals surface area contributed by atoms with Gasteiger partial charge in [0, 0.05) is 12.6 Å². The van der Waals surface area contributed by atoms with Gasteiger partial charge in [0.2, 0.25) is 0 Å². The summed E-state index contributed by atoms with van der Waals surface area (Å²) in [5.74, 6) is 2.59. The summed E-state index contributed by atoms with van der Waals surface area (Å²) in [6, 6.07) is 33.5. The summed E-state index contributed by atoms with van der Waals surface area (Å²) in [7, 11) is 0.616. The van der Waals surface area contributed by atoms with E-state index in [0.29, 0.717) is 6.04 Å². The quantitative estimate of drug-likeness (QED) is 0.597. The lowest BCUT2D eigenvalue weighted by Gasteiger charge is -2.39. The van der Waals surface area contributed by atoms with Crippen LogP contribution in [0, 0.1) is 0 Å². The third kappa shape index (κ3) is 2.97. The Morgan fingerprint density at radius 3 is 1.69 bits per heavy atom. The van der Waals surface area contributed by atoms with Gasteiger partial charge in [-0.15, -0.1) is 0 Å². The van der Waals surface area contributed by atoms with E-state index in [1.54, 1.807) is 0 Å². The van der Waals surface area contributed by atoms with Crippen molar-refractivity contribution in [2.45, 2.75) is 13.0 Å². The van der Waals surface area contributed by atoms with Crippen molar-refractivity contribution in [1.29, 1.82) is 0 Å². The Balaban J connectivity index is 1.97. The average Bonchev–Trinajstić information content (AvgIpc) is 2.72. The predicted molar refractivity (Wildman–Crippen MR) is 116 cm³/mol. The summed E-state index contributed by atoms with van der Waals surface area (Å²) >= 11 is 0. The molecule has 1 atom stereocenters. The van der Waals surface area contributed by atoms with Crippen LogP contribution in [0.5, 0.6) is 0 Å². The van der Waals surface area contributed by atoms with Crippen LogP contribution in [-0.4, -0.2) is 24.2 Å². The summed E-state index contributed by atoms with van der Waals surface area (Å²) in [4.78, 5) is 2.44. The van der Waals surface area contributed by atoms with Crippen LogP contribution in [0.3, 0.4) is 0 Å². The summed E-state index contributed by atoms with van der Waals surface area (Å²) < 4.78 is 0. The van der Waals surface area contributed by atoms with Crippen molar-refractivity contribution in [3.63, 3.8) is 0 Å². The number of hydrogen-bond acceptors (Lipinski definition) is 1. The molecule has 0 radical (unpaired) electrons. The Labute approximate surface area is 157 Å². The van der Waals surface area contributed by atoms with E-state index in [1.165, 1.54) is 28.0 Å². The number of hydrogen-bond donors (Lipinski definition) is 0. The van der Waals surface area contributed by atoms with Gasteiger partial charge in [-0.1, -0.05) is 66.7 Å². The van der Waals surface area contributed by atoms with Gasteiger partial charge in [0.15, 0.2) is 0 Å². The van der Waals surface area contributed by atoms with Crippen molar-refractivity contribution in [2.75, 3.05) is 13.2 Å². The van der Waals surface area contributed by atoms with E-state index >= 15 is 0 Å². The van der Waals surface area contributed by atoms with Crippen LogP contribution in [0.25, 0.3) is 5.70 Å². The van der Waals surface area contributed by atoms with Gasteiger partial charge < -0.3 is 4.90 Å². The molecule has 1 heterocycles. The van der Waals surface area contributed by atoms with Crippen molar-refractivity contribution >= 4 is 23.6 Å². The Hall–Kier alpha value is -2.37. The Morgan fingerprint density at radius 1 is 0.731 bits per heavy atom. The predicted octanol–water partition coefficient (Wildman–Crippen LogP) is 4.99. The lowest BCUT2D eigenvalue weighted by atomic mass is 10.1. The summed E-state index contributed by atoms with van der Waals surface area (Å²) in [5.41, 5.74) is 2.66. The maximum atomic E-state index is 2.59. The maximum Gasteiger partial charge on any atom is 0.108 e. The van der Waals surface area contributed by atoms with Crippen LogP contribution in [-0.2, 0) is 0 Å². The van der Waals surface area contributed by atoms with E-state index in [1.807, 2.05) is 0 Å². The van der Waals surface area contributed by atoms with Crippen LogP contribution in [0.15, 0.2) is 96.8 Å². The standard InChI is InChI=1S/C24H25NP/c1-20-18-26(22-14-8-4-9-15-22,23-16-10-5-11-17-23)19-24(25(20)2)21-12-6-3-7-13-21/h3-17,19-20H,18H2,1-2H3/q+1. The molecule has 1 nitrogen and oxygen atoms in total. The fourth-order valence-electron chi connectivity index (χ4n) is 3.91. The van der Waals surface area contributed by atoms with Gasteiger partial charge in [0.1, 0.15) is 17.9 Å². The molecule has 0 bridgehead atoms. The first-order chi connectivity index (χ1) is 12.7. The van der Waals surface area contributed by atoms with Gasteiger partial charge in [-0.25, -0.2) is 0 Å². The highest BCUT2D eigenvalue weighted by Crippen LogP contribution is 2.62. The van der Waals surface area contributed by atoms with Crippen molar-refractivity contribution in [2.24, 2.45) is 0 Å². The van der Waals surface area contributed by atoms with Crippen LogP contribution in [0.1, 0.15) is 12.5 Å². The van der Waals surface area contributed by atoms with E-state index in [2.05, 4.69) is 116 Å². The zero-order valence-corrected chi connectivity index (χ0v) is 16.3. The number of benzene rings is 3. The van der Waals surface area contributed by atoms with Crippen LogP contribution < -0.4 is 10.6 Å². The molecule has 0 spiro atoms. The molecule has 0 fully saturated rings. The normalized spacial score (nSPS) is 19.1. The highest BCUT2D eigenvalue weighted by molar-refractivity contribution is 7.92. The minimum Gasteiger partial charge on any atom is -0.365 e. The van der Waals surface area contributed by atoms with Crippen LogP contribution >= 0.6 is 7.26 Å². The van der Waals surface area contributed by atoms with Gasteiger partial charge in [-0.3, -0.25) is 0 Å². The molecule has 1 unspecified atom stereocenters. The van der Waals surface area contributed by atoms with E-state index in [-0.39, 0.29) is 0 Å². The molecular formula is C24H25NP+. The molecule has 0 aliphatic carbocycles. The zero-order valence-electron chi connectivity index (χ0n) is 15.4. The zero-order chi connectivity index (χ0) is 18.0. The van der Waals surface area contributed by atoms with E-state index in [9.17, 15) is 0 Å². The smallest absolute Gasteiger partial charge is 0.108 e. The van der Waals surface area contributed by atoms with Gasteiger partial charge in [0.05, 0.1) is 23.7 Å². The molecule has 1 aliphatic heterocycles. The van der Waals surface area contributed by atoms with Crippen LogP contribution in [0.4, 0.5) is 0 Å². The summed E-state index contributed by atoms with van der Waals surface area (Å²) in [5, 5.41) is 2.94. The molecule has 0 saturated heterocycles. The highest BCUT2D eigenvalue weighted by Gasteiger charge is 2.47. The monoisotopic (exact) mass is 358 g/mol. The molecular weight excluding hydrogens is 333 g/mol. The Kier molecular flexibility index (Phi) is 4.66. The van der Waals surface area contributed by atoms with Crippen molar-refractivity contribution in [3.8, 4) is 0 Å². The minimum absolute atomic E-state index is 0.490. The molecule has 4 rings (SSSR count). The molecule has 0 N–H and O–H groups in total. The molecule has 3 aromatic rings. The van der Waals surface area contributed by atoms with Gasteiger partial charge in [0.25, 0.3) is 0 Å². The maximum absolute atomic E-state index is 2.59. The Bertz CT molecular complexity index is 848. The lowest BCUT2D eigenvalue weighted by molar-refractivity contribution is 0.397. The third-order valence-electron chi connectivity index (χ3n) is 5.44. The molecule has 2 heteroatoms. The summed E-state index contributed by atoms with van der Waals surface area (Å²) in [6.07, 6.45) is 1.17. The number of nitrogens with zero attached hydrogens (tertiary/aromatic N) is 1. The van der Waals surface area contributed by atoms with Gasteiger partial charge >= 0.3 is 0 Å². The second-order valence-electron chi connectivity index (χ2n) is 7.06. The highest BCUT2D eigenvalue weighted by atomic mass is 31.2. The first kappa shape index (κ1) is 17.1. The molecule has 0 saturated carbocycles. The topological polar surface area (TPSA) is 3.24 Å². The summed E-state index contributed by atoms with van der Waals surface area (Å²) in [6.45, 7) is 2.36. The second-order valence-corrected chi connectivity index (χ2v) is 10.5. The fraction of sp³-hybridized carbons (Fsp3) is 0.167. The molecule has 0 amide bonds. The van der Waals surface area contributed by atoms with E-state index in [0.717, 1.165) is 0 Å². The van der Waals surface area contributed by atoms with Crippen molar-refractivity contribution in [1.82, 2.24) is 4.90 Å². The lowest BCUT2D eigenvalue weighted by Crippen LogP contribution is -2.40.